The monoisotopic (exact) mass is 582 g/mol. The highest BCUT2D eigenvalue weighted by molar-refractivity contribution is 5.88. The van der Waals surface area contributed by atoms with Gasteiger partial charge in [-0.2, -0.15) is 0 Å². The Labute approximate surface area is 247 Å². The van der Waals surface area contributed by atoms with E-state index in [1.165, 1.54) is 0 Å². The van der Waals surface area contributed by atoms with E-state index in [0.717, 1.165) is 22.3 Å². The lowest BCUT2D eigenvalue weighted by Gasteiger charge is -2.25. The molecule has 0 aromatic heterocycles. The van der Waals surface area contributed by atoms with E-state index in [1.807, 2.05) is 24.3 Å². The van der Waals surface area contributed by atoms with E-state index in [1.54, 1.807) is 41.5 Å². The molecule has 1 aliphatic rings. The summed E-state index contributed by atoms with van der Waals surface area (Å²) in [5.74, 6) is -1.87. The van der Waals surface area contributed by atoms with Gasteiger partial charge in [0.2, 0.25) is 5.91 Å². The van der Waals surface area contributed by atoms with Crippen LogP contribution in [0.1, 0.15) is 71.4 Å². The molecule has 0 saturated carbocycles. The number of alkyl carbamates (subject to hydrolysis) is 1. The third-order valence-electron chi connectivity index (χ3n) is 6.15. The molecule has 0 radical (unpaired) electrons. The van der Waals surface area contributed by atoms with E-state index < -0.39 is 41.2 Å². The van der Waals surface area contributed by atoms with Gasteiger partial charge in [-0.25, -0.2) is 9.59 Å². The molecule has 0 spiro atoms. The van der Waals surface area contributed by atoms with Gasteiger partial charge in [-0.3, -0.25) is 9.59 Å². The lowest BCUT2D eigenvalue weighted by Crippen LogP contribution is -2.46. The van der Waals surface area contributed by atoms with E-state index in [0.29, 0.717) is 0 Å². The van der Waals surface area contributed by atoms with Crippen LogP contribution in [-0.2, 0) is 33.3 Å². The first-order chi connectivity index (χ1) is 19.7. The lowest BCUT2D eigenvalue weighted by atomic mass is 9.98. The summed E-state index contributed by atoms with van der Waals surface area (Å²) in [4.78, 5) is 49.7. The van der Waals surface area contributed by atoms with Gasteiger partial charge in [-0.1, -0.05) is 48.5 Å². The zero-order valence-corrected chi connectivity index (χ0v) is 25.3. The van der Waals surface area contributed by atoms with Gasteiger partial charge >= 0.3 is 18.0 Å². The largest absolute Gasteiger partial charge is 0.460 e. The fourth-order valence-corrected chi connectivity index (χ4v) is 4.52. The standard InChI is InChI=1S/C32H42N2O8/c1-31(2,3)41-28(36)19-26(29(37)42-32(4,5)6)34-27(35)15-17-39-18-16-33-30(38)40-20-25-23-13-9-7-11-21(23)22-12-8-10-14-24(22)25/h7-14,25-26H,15-20H2,1-6H3,(H,33,38)(H,34,35). The first-order valence-electron chi connectivity index (χ1n) is 14.1. The molecule has 2 aromatic rings. The first-order valence-corrected chi connectivity index (χ1v) is 14.1. The average Bonchev–Trinajstić information content (AvgIpc) is 3.20. The van der Waals surface area contributed by atoms with Gasteiger partial charge in [-0.15, -0.1) is 0 Å². The maximum atomic E-state index is 12.6. The van der Waals surface area contributed by atoms with Gasteiger partial charge < -0.3 is 29.6 Å². The fraction of sp³-hybridized carbons (Fsp3) is 0.500. The van der Waals surface area contributed by atoms with Gasteiger partial charge in [0, 0.05) is 18.9 Å². The normalized spacial score (nSPS) is 13.4. The quantitative estimate of drug-likeness (QED) is 0.213. The number of carbonyl (C=O) groups excluding carboxylic acids is 4. The molecule has 1 atom stereocenters. The Morgan fingerprint density at radius 1 is 0.810 bits per heavy atom. The molecule has 2 N–H and O–H groups in total. The van der Waals surface area contributed by atoms with Gasteiger partial charge in [0.1, 0.15) is 23.9 Å². The summed E-state index contributed by atoms with van der Waals surface area (Å²) >= 11 is 0. The molecule has 2 aromatic carbocycles. The van der Waals surface area contributed by atoms with Crippen LogP contribution in [-0.4, -0.2) is 67.5 Å². The number of hydrogen-bond donors (Lipinski definition) is 2. The van der Waals surface area contributed by atoms with Crippen molar-refractivity contribution in [1.29, 1.82) is 0 Å². The first kappa shape index (κ1) is 32.6. The van der Waals surface area contributed by atoms with Crippen molar-refractivity contribution in [3.05, 3.63) is 59.7 Å². The maximum Gasteiger partial charge on any atom is 0.407 e. The van der Waals surface area contributed by atoms with Crippen LogP contribution in [0.5, 0.6) is 0 Å². The Kier molecular flexibility index (Phi) is 11.1. The predicted molar refractivity (Wildman–Crippen MR) is 157 cm³/mol. The zero-order chi connectivity index (χ0) is 30.9. The molecule has 10 heteroatoms. The summed E-state index contributed by atoms with van der Waals surface area (Å²) in [6, 6.07) is 15.0. The SMILES string of the molecule is CC(C)(C)OC(=O)CC(NC(=O)CCOCCNC(=O)OCC1c2ccccc2-c2ccccc21)C(=O)OC(C)(C)C. The smallest absolute Gasteiger partial charge is 0.407 e. The molecule has 3 rings (SSSR count). The molecule has 0 heterocycles. The van der Waals surface area contributed by atoms with Crippen molar-refractivity contribution < 1.29 is 38.1 Å². The third kappa shape index (κ3) is 10.2. The van der Waals surface area contributed by atoms with Crippen molar-refractivity contribution in [1.82, 2.24) is 10.6 Å². The second-order valence-electron chi connectivity index (χ2n) is 12.1. The topological polar surface area (TPSA) is 129 Å². The number of nitrogens with one attached hydrogen (secondary N) is 2. The van der Waals surface area contributed by atoms with Crippen molar-refractivity contribution in [2.45, 2.75) is 77.5 Å². The summed E-state index contributed by atoms with van der Waals surface area (Å²) in [5.41, 5.74) is 3.04. The minimum atomic E-state index is -1.19. The van der Waals surface area contributed by atoms with E-state index >= 15 is 0 Å². The number of benzene rings is 2. The third-order valence-corrected chi connectivity index (χ3v) is 6.15. The Bertz CT molecular complexity index is 1220. The number of rotatable bonds is 12. The molecule has 0 saturated heterocycles. The molecule has 228 valence electrons. The minimum absolute atomic E-state index is 0.0299. The summed E-state index contributed by atoms with van der Waals surface area (Å²) < 4.78 is 21.6. The van der Waals surface area contributed by atoms with Crippen molar-refractivity contribution in [2.24, 2.45) is 0 Å². The fourth-order valence-electron chi connectivity index (χ4n) is 4.52. The number of hydrogen-bond acceptors (Lipinski definition) is 8. The molecular formula is C32H42N2O8. The second kappa shape index (κ2) is 14.3. The van der Waals surface area contributed by atoms with Gasteiger partial charge in [0.25, 0.3) is 0 Å². The van der Waals surface area contributed by atoms with E-state index in [2.05, 4.69) is 34.9 Å². The van der Waals surface area contributed by atoms with Gasteiger partial charge in [-0.05, 0) is 63.8 Å². The number of esters is 2. The van der Waals surface area contributed by atoms with Gasteiger partial charge in [0.05, 0.1) is 19.6 Å². The van der Waals surface area contributed by atoms with Crippen LogP contribution in [0.15, 0.2) is 48.5 Å². The number of fused-ring (bicyclic) bond motifs is 3. The summed E-state index contributed by atoms with van der Waals surface area (Å²) in [5, 5.41) is 5.19. The van der Waals surface area contributed by atoms with Crippen molar-refractivity contribution >= 4 is 23.9 Å². The highest BCUT2D eigenvalue weighted by Crippen LogP contribution is 2.44. The molecule has 1 aliphatic carbocycles. The van der Waals surface area contributed by atoms with E-state index in [-0.39, 0.29) is 45.1 Å². The van der Waals surface area contributed by atoms with Crippen molar-refractivity contribution in [3.63, 3.8) is 0 Å². The summed E-state index contributed by atoms with van der Waals surface area (Å²) in [6.45, 7) is 10.8. The average molecular weight is 583 g/mol. The maximum absolute atomic E-state index is 12.6. The highest BCUT2D eigenvalue weighted by Gasteiger charge is 2.31. The second-order valence-corrected chi connectivity index (χ2v) is 12.1. The van der Waals surface area contributed by atoms with Crippen LogP contribution in [0.3, 0.4) is 0 Å². The van der Waals surface area contributed by atoms with Crippen molar-refractivity contribution in [2.75, 3.05) is 26.4 Å². The predicted octanol–water partition coefficient (Wildman–Crippen LogP) is 4.49. The molecule has 1 unspecified atom stereocenters. The summed E-state index contributed by atoms with van der Waals surface area (Å²) in [6.07, 6.45) is -0.970. The molecule has 2 amide bonds. The zero-order valence-electron chi connectivity index (χ0n) is 25.3. The van der Waals surface area contributed by atoms with Crippen LogP contribution in [0.4, 0.5) is 4.79 Å². The Balaban J connectivity index is 1.37. The van der Waals surface area contributed by atoms with Crippen LogP contribution in [0, 0.1) is 0 Å². The van der Waals surface area contributed by atoms with E-state index in [4.69, 9.17) is 18.9 Å². The lowest BCUT2D eigenvalue weighted by molar-refractivity contribution is -0.165. The van der Waals surface area contributed by atoms with Crippen LogP contribution in [0.2, 0.25) is 0 Å². The van der Waals surface area contributed by atoms with Gasteiger partial charge in [0.15, 0.2) is 0 Å². The molecule has 0 aliphatic heterocycles. The Hall–Kier alpha value is -3.92. The molecular weight excluding hydrogens is 540 g/mol. The molecule has 0 bridgehead atoms. The molecule has 10 nitrogen and oxygen atoms in total. The van der Waals surface area contributed by atoms with Crippen LogP contribution < -0.4 is 10.6 Å². The van der Waals surface area contributed by atoms with E-state index in [9.17, 15) is 19.2 Å². The molecule has 0 fully saturated rings. The Morgan fingerprint density at radius 3 is 1.95 bits per heavy atom. The number of ether oxygens (including phenoxy) is 4. The molecule has 42 heavy (non-hydrogen) atoms. The summed E-state index contributed by atoms with van der Waals surface area (Å²) in [7, 11) is 0. The number of amides is 2. The Morgan fingerprint density at radius 2 is 1.38 bits per heavy atom. The van der Waals surface area contributed by atoms with Crippen LogP contribution >= 0.6 is 0 Å². The van der Waals surface area contributed by atoms with Crippen molar-refractivity contribution in [3.8, 4) is 11.1 Å². The number of carbonyl (C=O) groups is 4. The van der Waals surface area contributed by atoms with Crippen LogP contribution in [0.25, 0.3) is 11.1 Å². The minimum Gasteiger partial charge on any atom is -0.460 e. The highest BCUT2D eigenvalue weighted by atomic mass is 16.6.